The Morgan fingerprint density at radius 3 is 2.14 bits per heavy atom. The number of hydrogen-bond donors (Lipinski definition) is 0. The second-order valence-electron chi connectivity index (χ2n) is 11.5. The molecule has 2 nitrogen and oxygen atoms in total. The van der Waals surface area contributed by atoms with Crippen molar-refractivity contribution in [3.63, 3.8) is 0 Å². The van der Waals surface area contributed by atoms with Gasteiger partial charge in [0.1, 0.15) is 0 Å². The van der Waals surface area contributed by atoms with E-state index < -0.39 is 0 Å². The zero-order chi connectivity index (χ0) is 25.4. The molecule has 0 atom stereocenters. The van der Waals surface area contributed by atoms with Gasteiger partial charge in [-0.15, -0.1) is 0 Å². The van der Waals surface area contributed by atoms with Crippen molar-refractivity contribution in [3.8, 4) is 11.1 Å². The van der Waals surface area contributed by atoms with Crippen LogP contribution in [-0.2, 0) is 15.7 Å². The van der Waals surface area contributed by atoms with Gasteiger partial charge < -0.3 is 9.31 Å². The molecule has 5 aromatic rings. The number of hydrogen-bond acceptors (Lipinski definition) is 2. The Morgan fingerprint density at radius 1 is 0.649 bits per heavy atom. The van der Waals surface area contributed by atoms with Crippen molar-refractivity contribution in [1.82, 2.24) is 0 Å². The van der Waals surface area contributed by atoms with Gasteiger partial charge in [0.25, 0.3) is 0 Å². The summed E-state index contributed by atoms with van der Waals surface area (Å²) >= 11 is 0. The Hall–Kier alpha value is -3.40. The van der Waals surface area contributed by atoms with Crippen LogP contribution in [0.2, 0.25) is 0 Å². The van der Waals surface area contributed by atoms with E-state index in [1.165, 1.54) is 54.6 Å². The number of aryl methyl sites for hydroxylation is 1. The van der Waals surface area contributed by atoms with Crippen molar-refractivity contribution >= 4 is 51.0 Å². The molecule has 0 bridgehead atoms. The Kier molecular flexibility index (Phi) is 4.96. The highest BCUT2D eigenvalue weighted by atomic mass is 16.7. The van der Waals surface area contributed by atoms with Crippen molar-refractivity contribution < 1.29 is 9.31 Å². The fourth-order valence-corrected chi connectivity index (χ4v) is 5.93. The van der Waals surface area contributed by atoms with E-state index in [0.29, 0.717) is 0 Å². The maximum atomic E-state index is 6.28. The highest BCUT2D eigenvalue weighted by Crippen LogP contribution is 2.39. The summed E-state index contributed by atoms with van der Waals surface area (Å²) in [5, 5.41) is 7.83. The molecule has 0 aromatic heterocycles. The molecular weight excluding hydrogens is 451 g/mol. The van der Waals surface area contributed by atoms with Crippen LogP contribution in [0.3, 0.4) is 0 Å². The molecule has 0 radical (unpaired) electrons. The van der Waals surface area contributed by atoms with E-state index in [2.05, 4.69) is 119 Å². The smallest absolute Gasteiger partial charge is 0.399 e. The van der Waals surface area contributed by atoms with Crippen LogP contribution in [-0.4, -0.2) is 18.3 Å². The summed E-state index contributed by atoms with van der Waals surface area (Å²) < 4.78 is 12.6. The van der Waals surface area contributed by atoms with Crippen molar-refractivity contribution in [2.75, 3.05) is 0 Å². The van der Waals surface area contributed by atoms with Gasteiger partial charge in [0.05, 0.1) is 11.2 Å². The molecule has 0 saturated carbocycles. The third-order valence-electron chi connectivity index (χ3n) is 8.75. The van der Waals surface area contributed by atoms with E-state index >= 15 is 0 Å². The van der Waals surface area contributed by atoms with Crippen molar-refractivity contribution in [2.24, 2.45) is 0 Å². The molecule has 1 aliphatic carbocycles. The minimum absolute atomic E-state index is 0.341. The summed E-state index contributed by atoms with van der Waals surface area (Å²) in [6, 6.07) is 29.1. The van der Waals surface area contributed by atoms with Crippen LogP contribution in [0.1, 0.15) is 45.2 Å². The summed E-state index contributed by atoms with van der Waals surface area (Å²) in [5.74, 6) is 0. The minimum Gasteiger partial charge on any atom is -0.399 e. The van der Waals surface area contributed by atoms with Crippen molar-refractivity contribution in [3.05, 3.63) is 96.1 Å². The molecule has 1 fully saturated rings. The molecule has 7 rings (SSSR count). The molecule has 5 aromatic carbocycles. The summed E-state index contributed by atoms with van der Waals surface area (Å²) in [7, 11) is -0.345. The molecular formula is C34H31BO2. The molecule has 0 unspecified atom stereocenters. The number of rotatable bonds is 2. The van der Waals surface area contributed by atoms with Gasteiger partial charge >= 0.3 is 7.12 Å². The molecule has 1 aliphatic heterocycles. The van der Waals surface area contributed by atoms with Crippen LogP contribution in [0.15, 0.2) is 84.9 Å². The van der Waals surface area contributed by atoms with Gasteiger partial charge in [0, 0.05) is 0 Å². The molecule has 1 heterocycles. The first-order chi connectivity index (χ1) is 17.8. The molecule has 2 aliphatic rings. The lowest BCUT2D eigenvalue weighted by Crippen LogP contribution is -2.41. The predicted molar refractivity (Wildman–Crippen MR) is 157 cm³/mol. The zero-order valence-corrected chi connectivity index (χ0v) is 22.0. The Bertz CT molecular complexity index is 1730. The first-order valence-corrected chi connectivity index (χ1v) is 13.3. The third-order valence-corrected chi connectivity index (χ3v) is 8.75. The van der Waals surface area contributed by atoms with Crippen LogP contribution in [0, 0.1) is 0 Å². The van der Waals surface area contributed by atoms with E-state index in [-0.39, 0.29) is 18.3 Å². The van der Waals surface area contributed by atoms with Gasteiger partial charge in [0.2, 0.25) is 0 Å². The molecule has 3 heteroatoms. The lowest BCUT2D eigenvalue weighted by Gasteiger charge is -2.32. The number of benzene rings is 5. The maximum absolute atomic E-state index is 6.28. The molecule has 182 valence electrons. The van der Waals surface area contributed by atoms with E-state index in [1.807, 2.05) is 0 Å². The molecule has 1 saturated heterocycles. The molecule has 0 N–H and O–H groups in total. The van der Waals surface area contributed by atoms with Gasteiger partial charge in [-0.25, -0.2) is 0 Å². The Balaban J connectivity index is 1.31. The van der Waals surface area contributed by atoms with Crippen LogP contribution < -0.4 is 5.46 Å². The zero-order valence-electron chi connectivity index (χ0n) is 22.0. The second-order valence-corrected chi connectivity index (χ2v) is 11.5. The SMILES string of the molecule is CC1(C)OB(c2ccc3cc(-c4ccc5c6c(c7ccccc7c5c4)CCC=C6)ccc3c2)OC1(C)C. The average molecular weight is 482 g/mol. The summed E-state index contributed by atoms with van der Waals surface area (Å²) in [4.78, 5) is 0. The topological polar surface area (TPSA) is 18.5 Å². The maximum Gasteiger partial charge on any atom is 0.494 e. The van der Waals surface area contributed by atoms with Crippen LogP contribution in [0.4, 0.5) is 0 Å². The van der Waals surface area contributed by atoms with Gasteiger partial charge in [-0.2, -0.15) is 0 Å². The lowest BCUT2D eigenvalue weighted by atomic mass is 9.78. The highest BCUT2D eigenvalue weighted by molar-refractivity contribution is 6.62. The van der Waals surface area contributed by atoms with Gasteiger partial charge in [-0.1, -0.05) is 78.9 Å². The first kappa shape index (κ1) is 22.8. The quantitative estimate of drug-likeness (QED) is 0.187. The van der Waals surface area contributed by atoms with Gasteiger partial charge in [-0.05, 0) is 113 Å². The molecule has 0 spiro atoms. The van der Waals surface area contributed by atoms with Crippen LogP contribution in [0.25, 0.3) is 49.5 Å². The Morgan fingerprint density at radius 2 is 1.32 bits per heavy atom. The largest absolute Gasteiger partial charge is 0.494 e. The van der Waals surface area contributed by atoms with Gasteiger partial charge in [0.15, 0.2) is 0 Å². The third kappa shape index (κ3) is 3.56. The lowest BCUT2D eigenvalue weighted by molar-refractivity contribution is 0.00578. The van der Waals surface area contributed by atoms with E-state index in [4.69, 9.17) is 9.31 Å². The van der Waals surface area contributed by atoms with Crippen LogP contribution in [0.5, 0.6) is 0 Å². The standard InChI is InChI=1S/C34H31BO2/c1-33(2)34(3,4)37-35(36-33)26-17-15-23-19-22(13-14-24(23)20-26)25-16-18-31-29-11-6-5-9-27(29)28-10-7-8-12-30(28)32(31)21-25/h6-8,10-21H,5,9H2,1-4H3. The van der Waals surface area contributed by atoms with E-state index in [9.17, 15) is 0 Å². The minimum atomic E-state index is -0.345. The van der Waals surface area contributed by atoms with Crippen LogP contribution >= 0.6 is 0 Å². The van der Waals surface area contributed by atoms with Crippen molar-refractivity contribution in [2.45, 2.75) is 51.7 Å². The fourth-order valence-electron chi connectivity index (χ4n) is 5.93. The molecule has 37 heavy (non-hydrogen) atoms. The first-order valence-electron chi connectivity index (χ1n) is 13.3. The second kappa shape index (κ2) is 8.05. The monoisotopic (exact) mass is 482 g/mol. The predicted octanol–water partition coefficient (Wildman–Crippen LogP) is 8.07. The van der Waals surface area contributed by atoms with Crippen molar-refractivity contribution in [1.29, 1.82) is 0 Å². The van der Waals surface area contributed by atoms with Gasteiger partial charge in [-0.3, -0.25) is 0 Å². The number of fused-ring (bicyclic) bond motifs is 7. The summed E-state index contributed by atoms with van der Waals surface area (Å²) in [5.41, 5.74) is 5.73. The van der Waals surface area contributed by atoms with E-state index in [1.54, 1.807) is 0 Å². The Labute approximate surface area is 219 Å². The normalized spacial score (nSPS) is 18.1. The number of allylic oxidation sites excluding steroid dienone is 1. The fraction of sp³-hybridized carbons (Fsp3) is 0.235. The summed E-state index contributed by atoms with van der Waals surface area (Å²) in [6.45, 7) is 8.39. The summed E-state index contributed by atoms with van der Waals surface area (Å²) in [6.07, 6.45) is 6.86. The van der Waals surface area contributed by atoms with E-state index in [0.717, 1.165) is 18.3 Å². The average Bonchev–Trinajstić information content (AvgIpc) is 3.14. The highest BCUT2D eigenvalue weighted by Gasteiger charge is 2.51. The molecule has 0 amide bonds.